The van der Waals surface area contributed by atoms with E-state index in [1.54, 1.807) is 0 Å². The normalized spacial score (nSPS) is 21.1. The molecule has 0 aromatic heterocycles. The highest BCUT2D eigenvalue weighted by molar-refractivity contribution is 5.24. The molecule has 1 aliphatic rings. The molecule has 2 unspecified atom stereocenters. The lowest BCUT2D eigenvalue weighted by Crippen LogP contribution is -2.11. The number of hydrogen-bond acceptors (Lipinski definition) is 2. The molecule has 1 aliphatic heterocycles. The predicted molar refractivity (Wildman–Crippen MR) is 73.6 cm³/mol. The molecule has 0 bridgehead atoms. The quantitative estimate of drug-likeness (QED) is 0.833. The van der Waals surface area contributed by atoms with Crippen molar-refractivity contribution in [1.29, 1.82) is 0 Å². The van der Waals surface area contributed by atoms with Gasteiger partial charge in [-0.3, -0.25) is 0 Å². The van der Waals surface area contributed by atoms with Crippen LogP contribution in [-0.2, 0) is 11.2 Å². The molecule has 0 saturated carbocycles. The van der Waals surface area contributed by atoms with Gasteiger partial charge >= 0.3 is 0 Å². The lowest BCUT2D eigenvalue weighted by Gasteiger charge is -2.15. The number of ether oxygens (including phenoxy) is 1. The number of aliphatic hydroxyl groups excluding tert-OH is 1. The van der Waals surface area contributed by atoms with Crippen molar-refractivity contribution < 1.29 is 9.84 Å². The Labute approximate surface area is 110 Å². The Hall–Kier alpha value is -0.860. The molecule has 2 heteroatoms. The van der Waals surface area contributed by atoms with E-state index in [-0.39, 0.29) is 12.2 Å². The van der Waals surface area contributed by atoms with Gasteiger partial charge in [-0.05, 0) is 36.8 Å². The van der Waals surface area contributed by atoms with Crippen molar-refractivity contribution in [2.75, 3.05) is 6.61 Å². The fraction of sp³-hybridized carbons (Fsp3) is 0.625. The highest BCUT2D eigenvalue weighted by Crippen LogP contribution is 2.25. The van der Waals surface area contributed by atoms with Crippen molar-refractivity contribution >= 4 is 0 Å². The third-order valence-corrected chi connectivity index (χ3v) is 3.69. The summed E-state index contributed by atoms with van der Waals surface area (Å²) >= 11 is 0. The molecule has 2 nitrogen and oxygen atoms in total. The maximum absolute atomic E-state index is 10.2. The summed E-state index contributed by atoms with van der Waals surface area (Å²) in [7, 11) is 0. The molecule has 0 amide bonds. The van der Waals surface area contributed by atoms with Crippen molar-refractivity contribution in [3.8, 4) is 0 Å². The fourth-order valence-corrected chi connectivity index (χ4v) is 2.50. The van der Waals surface area contributed by atoms with Gasteiger partial charge in [0.05, 0.1) is 12.2 Å². The summed E-state index contributed by atoms with van der Waals surface area (Å²) in [6.07, 6.45) is 6.42. The third-order valence-electron chi connectivity index (χ3n) is 3.69. The molecule has 2 rings (SSSR count). The predicted octanol–water partition coefficient (Wildman–Crippen LogP) is 3.63. The van der Waals surface area contributed by atoms with Crippen LogP contribution in [0.2, 0.25) is 0 Å². The number of aliphatic hydroxyl groups is 1. The van der Waals surface area contributed by atoms with Crippen LogP contribution in [0.5, 0.6) is 0 Å². The van der Waals surface area contributed by atoms with E-state index in [0.717, 1.165) is 37.9 Å². The van der Waals surface area contributed by atoms with E-state index in [2.05, 4.69) is 31.2 Å². The van der Waals surface area contributed by atoms with Crippen molar-refractivity contribution in [3.63, 3.8) is 0 Å². The highest BCUT2D eigenvalue weighted by Gasteiger charge is 2.20. The van der Waals surface area contributed by atoms with Crippen molar-refractivity contribution in [1.82, 2.24) is 0 Å². The summed E-state index contributed by atoms with van der Waals surface area (Å²) in [5.41, 5.74) is 2.38. The maximum Gasteiger partial charge on any atom is 0.0814 e. The van der Waals surface area contributed by atoms with Gasteiger partial charge in [0.1, 0.15) is 0 Å². The summed E-state index contributed by atoms with van der Waals surface area (Å²) < 4.78 is 5.56. The van der Waals surface area contributed by atoms with Crippen molar-refractivity contribution in [2.24, 2.45) is 0 Å². The van der Waals surface area contributed by atoms with E-state index in [0.29, 0.717) is 0 Å². The monoisotopic (exact) mass is 248 g/mol. The van der Waals surface area contributed by atoms with Crippen LogP contribution >= 0.6 is 0 Å². The van der Waals surface area contributed by atoms with Crippen molar-refractivity contribution in [2.45, 2.75) is 57.7 Å². The first-order chi connectivity index (χ1) is 8.79. The third kappa shape index (κ3) is 3.82. The number of hydrogen-bond donors (Lipinski definition) is 1. The van der Waals surface area contributed by atoms with Gasteiger partial charge in [-0.15, -0.1) is 0 Å². The topological polar surface area (TPSA) is 29.5 Å². The summed E-state index contributed by atoms with van der Waals surface area (Å²) in [4.78, 5) is 0. The second kappa shape index (κ2) is 6.91. The molecule has 1 fully saturated rings. The molecule has 18 heavy (non-hydrogen) atoms. The zero-order valence-corrected chi connectivity index (χ0v) is 11.3. The lowest BCUT2D eigenvalue weighted by atomic mass is 9.99. The largest absolute Gasteiger partial charge is 0.388 e. The molecular formula is C16H24O2. The zero-order chi connectivity index (χ0) is 12.8. The Bertz CT molecular complexity index is 339. The first-order valence-corrected chi connectivity index (χ1v) is 7.18. The average molecular weight is 248 g/mol. The Balaban J connectivity index is 1.87. The van der Waals surface area contributed by atoms with Gasteiger partial charge in [0.25, 0.3) is 0 Å². The highest BCUT2D eigenvalue weighted by atomic mass is 16.5. The van der Waals surface area contributed by atoms with E-state index in [1.807, 2.05) is 0 Å². The first-order valence-electron chi connectivity index (χ1n) is 7.18. The number of rotatable bonds is 6. The second-order valence-corrected chi connectivity index (χ2v) is 5.23. The number of benzene rings is 1. The number of aryl methyl sites for hydroxylation is 1. The molecule has 1 N–H and O–H groups in total. The standard InChI is InChI=1S/C16H24O2/c1-2-3-5-13-7-9-14(10-8-13)16(17)12-15-6-4-11-18-15/h7-10,15-17H,2-6,11-12H2,1H3. The van der Waals surface area contributed by atoms with Gasteiger partial charge in [-0.2, -0.15) is 0 Å². The second-order valence-electron chi connectivity index (χ2n) is 5.23. The van der Waals surface area contributed by atoms with Crippen LogP contribution in [0.25, 0.3) is 0 Å². The molecule has 100 valence electrons. The van der Waals surface area contributed by atoms with Crippen LogP contribution in [0.3, 0.4) is 0 Å². The summed E-state index contributed by atoms with van der Waals surface area (Å²) in [5, 5.41) is 10.2. The molecule has 1 heterocycles. The Morgan fingerprint density at radius 3 is 2.72 bits per heavy atom. The van der Waals surface area contributed by atoms with Gasteiger partial charge < -0.3 is 9.84 Å². The molecule has 0 aliphatic carbocycles. The van der Waals surface area contributed by atoms with Crippen molar-refractivity contribution in [3.05, 3.63) is 35.4 Å². The molecule has 0 spiro atoms. The molecule has 1 saturated heterocycles. The molecule has 0 radical (unpaired) electrons. The van der Waals surface area contributed by atoms with E-state index < -0.39 is 0 Å². The SMILES string of the molecule is CCCCc1ccc(C(O)CC2CCCO2)cc1. The van der Waals surface area contributed by atoms with Gasteiger partial charge in [0.15, 0.2) is 0 Å². The molecule has 2 atom stereocenters. The van der Waals surface area contributed by atoms with Gasteiger partial charge in [-0.1, -0.05) is 37.6 Å². The first kappa shape index (κ1) is 13.6. The minimum absolute atomic E-state index is 0.250. The Morgan fingerprint density at radius 2 is 2.11 bits per heavy atom. The Morgan fingerprint density at radius 1 is 1.33 bits per heavy atom. The molecule has 1 aromatic carbocycles. The van der Waals surface area contributed by atoms with E-state index in [1.165, 1.54) is 18.4 Å². The summed E-state index contributed by atoms with van der Waals surface area (Å²) in [5.74, 6) is 0. The van der Waals surface area contributed by atoms with Gasteiger partial charge in [0, 0.05) is 13.0 Å². The minimum atomic E-state index is -0.381. The lowest BCUT2D eigenvalue weighted by molar-refractivity contribution is 0.0535. The van der Waals surface area contributed by atoms with E-state index in [9.17, 15) is 5.11 Å². The Kier molecular flexibility index (Phi) is 5.21. The summed E-state index contributed by atoms with van der Waals surface area (Å²) in [6.45, 7) is 3.06. The van der Waals surface area contributed by atoms with Gasteiger partial charge in [0.2, 0.25) is 0 Å². The fourth-order valence-electron chi connectivity index (χ4n) is 2.50. The van der Waals surface area contributed by atoms with Gasteiger partial charge in [-0.25, -0.2) is 0 Å². The zero-order valence-electron chi connectivity index (χ0n) is 11.3. The number of unbranched alkanes of at least 4 members (excludes halogenated alkanes) is 1. The summed E-state index contributed by atoms with van der Waals surface area (Å²) in [6, 6.07) is 8.41. The van der Waals surface area contributed by atoms with E-state index in [4.69, 9.17) is 4.74 Å². The van der Waals surface area contributed by atoms with Crippen LogP contribution in [0.15, 0.2) is 24.3 Å². The van der Waals surface area contributed by atoms with E-state index >= 15 is 0 Å². The van der Waals surface area contributed by atoms with Crippen LogP contribution in [0, 0.1) is 0 Å². The van der Waals surface area contributed by atoms with Crippen LogP contribution < -0.4 is 0 Å². The van der Waals surface area contributed by atoms with Crippen LogP contribution in [0.4, 0.5) is 0 Å². The smallest absolute Gasteiger partial charge is 0.0814 e. The maximum atomic E-state index is 10.2. The molecule has 1 aromatic rings. The van der Waals surface area contributed by atoms with Crippen LogP contribution in [-0.4, -0.2) is 17.8 Å². The van der Waals surface area contributed by atoms with Crippen LogP contribution in [0.1, 0.15) is 56.3 Å². The molecular weight excluding hydrogens is 224 g/mol. The average Bonchev–Trinajstić information content (AvgIpc) is 2.89. The minimum Gasteiger partial charge on any atom is -0.388 e.